The average molecular weight is 1070 g/mol. The SMILES string of the molecule is CCC(C)C(NC(=O)C1CCC(=O)N1)C(=O)NC(Cc1c[nH]c2ccccc12)C(=O)NC(C)C(=O)NC(C(=O)NCC(=O)NC(Cc1cnc[nH]1)C(=O)NC(Cc1ccccc1)C(=O)NC(CCSC)C(N)=O)C(C)O. The van der Waals surface area contributed by atoms with Crippen LogP contribution in [0.15, 0.2) is 73.3 Å². The number of nitrogens with two attached hydrogens (primary N) is 1. The first-order chi connectivity index (χ1) is 36.3. The summed E-state index contributed by atoms with van der Waals surface area (Å²) in [6.07, 6.45) is 5.73. The molecule has 1 aliphatic rings. The zero-order valence-electron chi connectivity index (χ0n) is 43.0. The van der Waals surface area contributed by atoms with Crippen molar-refractivity contribution in [2.24, 2.45) is 11.7 Å². The molecule has 10 atom stereocenters. The van der Waals surface area contributed by atoms with E-state index < -0.39 is 120 Å². The summed E-state index contributed by atoms with van der Waals surface area (Å²) in [5.41, 5.74) is 8.11. The zero-order chi connectivity index (χ0) is 55.5. The van der Waals surface area contributed by atoms with E-state index in [4.69, 9.17) is 5.73 Å². The fourth-order valence-corrected chi connectivity index (χ4v) is 8.77. The molecule has 14 N–H and O–H groups in total. The molecule has 10 amide bonds. The Labute approximate surface area is 443 Å². The van der Waals surface area contributed by atoms with E-state index in [1.54, 1.807) is 43.5 Å². The average Bonchev–Trinajstić information content (AvgIpc) is 4.19. The van der Waals surface area contributed by atoms with Crippen molar-refractivity contribution in [3.05, 3.63) is 90.1 Å². The number of hydrogen-bond donors (Lipinski definition) is 13. The standard InChI is InChI=1S/C51H69N13O11S/c1-6-27(2)42(63-46(70)36-16-17-40(66)58-36)51(75)62-38(21-31-23-54-34-15-11-10-14-33(31)34)47(71)57-28(3)45(69)64-43(29(4)65)50(74)55-25-41(67)59-39(22-32-24-53-26-56-32)49(73)61-37(20-30-12-8-7-9-13-30)48(72)60-35(44(52)68)18-19-76-5/h7-15,23-24,26-29,35-39,42-43,54,65H,6,16-22,25H2,1-5H3,(H2,52,68)(H,53,56)(H,55,74)(H,57,71)(H,58,66)(H,59,67)(H,60,72)(H,61,73)(H,62,75)(H,63,70)(H,64,69). The van der Waals surface area contributed by atoms with Crippen molar-refractivity contribution in [3.63, 3.8) is 0 Å². The molecule has 0 radical (unpaired) electrons. The molecule has 4 aromatic rings. The summed E-state index contributed by atoms with van der Waals surface area (Å²) in [5, 5.41) is 34.7. The molecule has 5 rings (SSSR count). The Balaban J connectivity index is 1.24. The van der Waals surface area contributed by atoms with Crippen molar-refractivity contribution in [3.8, 4) is 0 Å². The summed E-state index contributed by atoms with van der Waals surface area (Å²) < 4.78 is 0. The number of aliphatic hydroxyl groups excluding tert-OH is 1. The molecule has 0 spiro atoms. The predicted molar refractivity (Wildman–Crippen MR) is 281 cm³/mol. The number of amides is 10. The number of aromatic amines is 2. The third kappa shape index (κ3) is 17.4. The second-order valence-electron chi connectivity index (χ2n) is 18.7. The van der Waals surface area contributed by atoms with E-state index in [2.05, 4.69) is 62.8 Å². The lowest BCUT2D eigenvalue weighted by atomic mass is 9.96. The minimum Gasteiger partial charge on any atom is -0.391 e. The van der Waals surface area contributed by atoms with E-state index in [0.29, 0.717) is 29.0 Å². The van der Waals surface area contributed by atoms with E-state index in [1.807, 2.05) is 37.4 Å². The fourth-order valence-electron chi connectivity index (χ4n) is 8.29. The molecule has 1 saturated heterocycles. The Morgan fingerprint density at radius 1 is 0.737 bits per heavy atom. The lowest BCUT2D eigenvalue weighted by Crippen LogP contribution is -2.61. The summed E-state index contributed by atoms with van der Waals surface area (Å²) in [6, 6.07) is 6.24. The lowest BCUT2D eigenvalue weighted by molar-refractivity contribution is -0.136. The van der Waals surface area contributed by atoms with Gasteiger partial charge in [0.25, 0.3) is 0 Å². The van der Waals surface area contributed by atoms with Gasteiger partial charge >= 0.3 is 0 Å². The van der Waals surface area contributed by atoms with Gasteiger partial charge in [0.1, 0.15) is 48.3 Å². The maximum atomic E-state index is 14.1. The van der Waals surface area contributed by atoms with Gasteiger partial charge in [-0.2, -0.15) is 11.8 Å². The second-order valence-corrected chi connectivity index (χ2v) is 19.7. The normalized spacial score (nSPS) is 16.7. The molecule has 24 nitrogen and oxygen atoms in total. The van der Waals surface area contributed by atoms with E-state index in [0.717, 1.165) is 10.9 Å². The number of primary amides is 1. The Morgan fingerprint density at radius 2 is 1.38 bits per heavy atom. The van der Waals surface area contributed by atoms with Crippen molar-refractivity contribution < 1.29 is 53.1 Å². The van der Waals surface area contributed by atoms with Gasteiger partial charge < -0.3 is 68.7 Å². The number of fused-ring (bicyclic) bond motifs is 1. The number of carbonyl (C=O) groups is 10. The van der Waals surface area contributed by atoms with Crippen LogP contribution in [0.5, 0.6) is 0 Å². The molecule has 25 heteroatoms. The van der Waals surface area contributed by atoms with Crippen LogP contribution in [-0.4, -0.2) is 152 Å². The van der Waals surface area contributed by atoms with Gasteiger partial charge in [-0.3, -0.25) is 47.9 Å². The number of nitrogens with zero attached hydrogens (tertiary/aromatic N) is 1. The Hall–Kier alpha value is -7.80. The number of para-hydroxylation sites is 1. The van der Waals surface area contributed by atoms with Crippen LogP contribution in [0.25, 0.3) is 10.9 Å². The molecular weight excluding hydrogens is 1000 g/mol. The van der Waals surface area contributed by atoms with Crippen LogP contribution in [0.1, 0.15) is 70.2 Å². The number of thioether (sulfide) groups is 1. The highest BCUT2D eigenvalue weighted by molar-refractivity contribution is 7.98. The number of carbonyl (C=O) groups excluding carboxylic acids is 10. The zero-order valence-corrected chi connectivity index (χ0v) is 43.8. The van der Waals surface area contributed by atoms with Crippen LogP contribution in [0.3, 0.4) is 0 Å². The third-order valence-electron chi connectivity index (χ3n) is 12.9. The Kier molecular flexibility index (Phi) is 22.4. The largest absolute Gasteiger partial charge is 0.391 e. The lowest BCUT2D eigenvalue weighted by Gasteiger charge is -2.28. The molecule has 1 aliphatic heterocycles. The van der Waals surface area contributed by atoms with Crippen LogP contribution in [-0.2, 0) is 67.2 Å². The van der Waals surface area contributed by atoms with Crippen LogP contribution >= 0.6 is 11.8 Å². The summed E-state index contributed by atoms with van der Waals surface area (Å²) in [6.45, 7) is 5.37. The van der Waals surface area contributed by atoms with Gasteiger partial charge in [0, 0.05) is 54.7 Å². The highest BCUT2D eigenvalue weighted by Crippen LogP contribution is 2.20. The van der Waals surface area contributed by atoms with Crippen molar-refractivity contribution in [2.75, 3.05) is 18.6 Å². The van der Waals surface area contributed by atoms with Crippen molar-refractivity contribution in [1.29, 1.82) is 0 Å². The van der Waals surface area contributed by atoms with Gasteiger partial charge in [-0.05, 0) is 61.8 Å². The first kappa shape index (κ1) is 59.1. The van der Waals surface area contributed by atoms with Gasteiger partial charge in [-0.1, -0.05) is 68.8 Å². The minimum atomic E-state index is -1.66. The van der Waals surface area contributed by atoms with Gasteiger partial charge in [-0.15, -0.1) is 0 Å². The first-order valence-corrected chi connectivity index (χ1v) is 26.4. The van der Waals surface area contributed by atoms with Gasteiger partial charge in [0.15, 0.2) is 0 Å². The van der Waals surface area contributed by atoms with E-state index >= 15 is 0 Å². The van der Waals surface area contributed by atoms with Crippen molar-refractivity contribution in [1.82, 2.24) is 62.8 Å². The number of hydrogen-bond acceptors (Lipinski definition) is 13. The molecule has 410 valence electrons. The number of aromatic nitrogens is 3. The van der Waals surface area contributed by atoms with Gasteiger partial charge in [0.05, 0.1) is 19.0 Å². The molecule has 1 fully saturated rings. The van der Waals surface area contributed by atoms with Crippen LogP contribution in [0.4, 0.5) is 0 Å². The quantitative estimate of drug-likeness (QED) is 0.0292. The molecule has 0 bridgehead atoms. The second kappa shape index (κ2) is 28.8. The summed E-state index contributed by atoms with van der Waals surface area (Å²) in [7, 11) is 0. The number of benzene rings is 2. The smallest absolute Gasteiger partial charge is 0.245 e. The van der Waals surface area contributed by atoms with Crippen LogP contribution in [0.2, 0.25) is 0 Å². The molecule has 76 heavy (non-hydrogen) atoms. The van der Waals surface area contributed by atoms with Crippen molar-refractivity contribution in [2.45, 2.75) is 127 Å². The fraction of sp³-hybridized carbons (Fsp3) is 0.471. The maximum absolute atomic E-state index is 14.1. The van der Waals surface area contributed by atoms with Crippen molar-refractivity contribution >= 4 is 81.7 Å². The number of H-pyrrole nitrogens is 2. The van der Waals surface area contributed by atoms with E-state index in [1.165, 1.54) is 38.1 Å². The number of imidazole rings is 1. The number of aliphatic hydroxyl groups is 1. The highest BCUT2D eigenvalue weighted by Gasteiger charge is 2.36. The maximum Gasteiger partial charge on any atom is 0.245 e. The molecular formula is C51H69N13O11S. The molecule has 10 unspecified atom stereocenters. The Bertz CT molecular complexity index is 2670. The molecule has 2 aromatic carbocycles. The highest BCUT2D eigenvalue weighted by atomic mass is 32.2. The monoisotopic (exact) mass is 1070 g/mol. The van der Waals surface area contributed by atoms with Crippen LogP contribution in [0, 0.1) is 5.92 Å². The third-order valence-corrected chi connectivity index (χ3v) is 13.5. The molecule has 0 aliphatic carbocycles. The Morgan fingerprint density at radius 3 is 2.01 bits per heavy atom. The summed E-state index contributed by atoms with van der Waals surface area (Å²) >= 11 is 1.45. The number of nitrogens with one attached hydrogen (secondary N) is 11. The topological polar surface area (TPSA) is 370 Å². The van der Waals surface area contributed by atoms with Crippen LogP contribution < -0.4 is 53.6 Å². The van der Waals surface area contributed by atoms with E-state index in [9.17, 15) is 53.1 Å². The predicted octanol–water partition coefficient (Wildman–Crippen LogP) is -1.61. The van der Waals surface area contributed by atoms with E-state index in [-0.39, 0.29) is 44.4 Å². The summed E-state index contributed by atoms with van der Waals surface area (Å²) in [4.78, 5) is 144. The van der Waals surface area contributed by atoms with Gasteiger partial charge in [-0.25, -0.2) is 4.98 Å². The van der Waals surface area contributed by atoms with Gasteiger partial charge in [0.2, 0.25) is 59.1 Å². The molecule has 0 saturated carbocycles. The molecule has 3 heterocycles. The number of rotatable bonds is 29. The first-order valence-electron chi connectivity index (χ1n) is 25.0. The summed E-state index contributed by atoms with van der Waals surface area (Å²) in [5.74, 6) is -7.23. The minimum absolute atomic E-state index is 0.00784. The molecule has 2 aromatic heterocycles.